The minimum absolute atomic E-state index is 0.206. The van der Waals surface area contributed by atoms with Crippen molar-refractivity contribution in [3.05, 3.63) is 16.2 Å². The first-order valence-corrected chi connectivity index (χ1v) is 7.79. The quantitative estimate of drug-likeness (QED) is 0.834. The molecule has 3 rings (SSSR count). The molecule has 1 aliphatic heterocycles. The highest BCUT2D eigenvalue weighted by Crippen LogP contribution is 2.27. The summed E-state index contributed by atoms with van der Waals surface area (Å²) in [6.45, 7) is 3.50. The molecule has 4 N–H and O–H groups in total. The summed E-state index contributed by atoms with van der Waals surface area (Å²) < 4.78 is 0.885. The smallest absolute Gasteiger partial charge is 0.222 e. The first kappa shape index (κ1) is 13.4. The van der Waals surface area contributed by atoms with E-state index in [4.69, 9.17) is 11.5 Å². The number of halogens is 1. The first-order valence-electron chi connectivity index (χ1n) is 6.12. The highest BCUT2D eigenvalue weighted by atomic mass is 79.9. The van der Waals surface area contributed by atoms with Crippen LogP contribution in [0.1, 0.15) is 0 Å². The molecule has 2 aromatic heterocycles. The summed E-state index contributed by atoms with van der Waals surface area (Å²) in [6, 6.07) is 0. The van der Waals surface area contributed by atoms with Crippen molar-refractivity contribution in [2.75, 3.05) is 47.4 Å². The van der Waals surface area contributed by atoms with Gasteiger partial charge in [-0.3, -0.25) is 0 Å². The second-order valence-corrected chi connectivity index (χ2v) is 6.07. The molecule has 0 aromatic carbocycles. The molecule has 0 aliphatic carbocycles. The Balaban J connectivity index is 1.69. The fraction of sp³-hybridized carbons (Fsp3) is 0.364. The van der Waals surface area contributed by atoms with E-state index in [0.29, 0.717) is 5.82 Å². The van der Waals surface area contributed by atoms with E-state index >= 15 is 0 Å². The van der Waals surface area contributed by atoms with Crippen molar-refractivity contribution >= 4 is 49.9 Å². The van der Waals surface area contributed by atoms with Crippen LogP contribution in [0.2, 0.25) is 0 Å². The van der Waals surface area contributed by atoms with E-state index in [1.807, 2.05) is 5.38 Å². The Labute approximate surface area is 128 Å². The maximum Gasteiger partial charge on any atom is 0.222 e. The number of hydrogen-bond donors (Lipinski definition) is 2. The van der Waals surface area contributed by atoms with Crippen molar-refractivity contribution in [2.45, 2.75) is 0 Å². The Morgan fingerprint density at radius 2 is 1.80 bits per heavy atom. The van der Waals surface area contributed by atoms with Crippen molar-refractivity contribution in [1.82, 2.24) is 15.0 Å². The molecular formula is C11H14BrN7S. The molecule has 9 heteroatoms. The molecule has 0 amide bonds. The minimum Gasteiger partial charge on any atom is -0.382 e. The van der Waals surface area contributed by atoms with Crippen LogP contribution in [0.4, 0.5) is 22.6 Å². The van der Waals surface area contributed by atoms with Gasteiger partial charge in [-0.2, -0.15) is 4.98 Å². The fourth-order valence-corrected chi connectivity index (χ4v) is 3.48. The molecular weight excluding hydrogens is 342 g/mol. The van der Waals surface area contributed by atoms with Gasteiger partial charge in [-0.15, -0.1) is 11.3 Å². The van der Waals surface area contributed by atoms with E-state index in [-0.39, 0.29) is 5.95 Å². The van der Waals surface area contributed by atoms with Crippen LogP contribution in [0.25, 0.3) is 0 Å². The lowest BCUT2D eigenvalue weighted by atomic mass is 10.3. The SMILES string of the molecule is Nc1ncc(N2CCN(c3nc(Br)cs3)CC2)c(N)n1. The highest BCUT2D eigenvalue weighted by molar-refractivity contribution is 9.10. The highest BCUT2D eigenvalue weighted by Gasteiger charge is 2.21. The van der Waals surface area contributed by atoms with Crippen LogP contribution >= 0.6 is 27.3 Å². The summed E-state index contributed by atoms with van der Waals surface area (Å²) in [6.07, 6.45) is 1.69. The number of nitrogens with two attached hydrogens (primary N) is 2. The van der Waals surface area contributed by atoms with Gasteiger partial charge in [0.25, 0.3) is 0 Å². The van der Waals surface area contributed by atoms with E-state index < -0.39 is 0 Å². The summed E-state index contributed by atoms with van der Waals surface area (Å²) in [4.78, 5) is 16.9. The molecule has 1 saturated heterocycles. The molecule has 0 spiro atoms. The van der Waals surface area contributed by atoms with Gasteiger partial charge in [-0.25, -0.2) is 9.97 Å². The molecule has 0 atom stereocenters. The predicted molar refractivity (Wildman–Crippen MR) is 85.1 cm³/mol. The lowest BCUT2D eigenvalue weighted by Crippen LogP contribution is -2.46. The molecule has 3 heterocycles. The van der Waals surface area contributed by atoms with Crippen LogP contribution in [0.3, 0.4) is 0 Å². The predicted octanol–water partition coefficient (Wildman–Crippen LogP) is 1.19. The van der Waals surface area contributed by atoms with Crippen molar-refractivity contribution in [2.24, 2.45) is 0 Å². The topological polar surface area (TPSA) is 97.2 Å². The number of nitrogen functional groups attached to an aromatic ring is 2. The van der Waals surface area contributed by atoms with Crippen LogP contribution in [-0.4, -0.2) is 41.1 Å². The van der Waals surface area contributed by atoms with Crippen molar-refractivity contribution in [1.29, 1.82) is 0 Å². The summed E-state index contributed by atoms with van der Waals surface area (Å²) in [5, 5.41) is 3.03. The number of hydrogen-bond acceptors (Lipinski definition) is 8. The maximum absolute atomic E-state index is 5.90. The lowest BCUT2D eigenvalue weighted by molar-refractivity contribution is 0.651. The van der Waals surface area contributed by atoms with E-state index in [1.165, 1.54) is 0 Å². The first-order chi connectivity index (χ1) is 9.63. The van der Waals surface area contributed by atoms with Gasteiger partial charge in [0, 0.05) is 31.6 Å². The third kappa shape index (κ3) is 2.63. The van der Waals surface area contributed by atoms with Gasteiger partial charge in [0.2, 0.25) is 5.95 Å². The molecule has 20 heavy (non-hydrogen) atoms. The molecule has 0 saturated carbocycles. The number of thiazole rings is 1. The van der Waals surface area contributed by atoms with Crippen LogP contribution in [0, 0.1) is 0 Å². The molecule has 2 aromatic rings. The van der Waals surface area contributed by atoms with E-state index in [2.05, 4.69) is 40.7 Å². The number of nitrogens with zero attached hydrogens (tertiary/aromatic N) is 5. The molecule has 0 unspecified atom stereocenters. The van der Waals surface area contributed by atoms with Gasteiger partial charge in [-0.05, 0) is 15.9 Å². The molecule has 1 aliphatic rings. The second kappa shape index (κ2) is 5.41. The lowest BCUT2D eigenvalue weighted by Gasteiger charge is -2.35. The number of piperazine rings is 1. The molecule has 0 radical (unpaired) electrons. The van der Waals surface area contributed by atoms with E-state index in [9.17, 15) is 0 Å². The molecule has 1 fully saturated rings. The molecule has 7 nitrogen and oxygen atoms in total. The Bertz CT molecular complexity index is 609. The van der Waals surface area contributed by atoms with Gasteiger partial charge in [0.1, 0.15) is 4.60 Å². The van der Waals surface area contributed by atoms with Gasteiger partial charge < -0.3 is 21.3 Å². The summed E-state index contributed by atoms with van der Waals surface area (Å²) >= 11 is 5.02. The largest absolute Gasteiger partial charge is 0.382 e. The second-order valence-electron chi connectivity index (χ2n) is 4.43. The van der Waals surface area contributed by atoms with Gasteiger partial charge in [-0.1, -0.05) is 0 Å². The van der Waals surface area contributed by atoms with Crippen LogP contribution in [-0.2, 0) is 0 Å². The van der Waals surface area contributed by atoms with E-state index in [0.717, 1.165) is 41.6 Å². The summed E-state index contributed by atoms with van der Waals surface area (Å²) in [5.74, 6) is 0.639. The Hall–Kier alpha value is -1.61. The third-order valence-electron chi connectivity index (χ3n) is 3.17. The van der Waals surface area contributed by atoms with Gasteiger partial charge in [0.05, 0.1) is 11.9 Å². The van der Waals surface area contributed by atoms with Gasteiger partial charge in [0.15, 0.2) is 10.9 Å². The molecule has 0 bridgehead atoms. The summed E-state index contributed by atoms with van der Waals surface area (Å²) in [5.41, 5.74) is 12.3. The Kier molecular flexibility index (Phi) is 3.62. The van der Waals surface area contributed by atoms with Crippen molar-refractivity contribution in [3.63, 3.8) is 0 Å². The standard InChI is InChI=1S/C11H14BrN7S/c12-8-6-20-11(16-8)19-3-1-18(2-4-19)7-5-15-10(14)17-9(7)13/h5-6H,1-4H2,(H4,13,14,15,17). The average Bonchev–Trinajstić information content (AvgIpc) is 2.86. The monoisotopic (exact) mass is 355 g/mol. The zero-order valence-electron chi connectivity index (χ0n) is 10.7. The summed E-state index contributed by atoms with van der Waals surface area (Å²) in [7, 11) is 0. The number of rotatable bonds is 2. The van der Waals surface area contributed by atoms with Crippen LogP contribution in [0.15, 0.2) is 16.2 Å². The third-order valence-corrected chi connectivity index (χ3v) is 4.78. The van der Waals surface area contributed by atoms with Crippen LogP contribution in [0.5, 0.6) is 0 Å². The molecule has 106 valence electrons. The Morgan fingerprint density at radius 1 is 1.10 bits per heavy atom. The van der Waals surface area contributed by atoms with Crippen LogP contribution < -0.4 is 21.3 Å². The zero-order chi connectivity index (χ0) is 14.1. The van der Waals surface area contributed by atoms with E-state index in [1.54, 1.807) is 17.5 Å². The average molecular weight is 356 g/mol. The maximum atomic E-state index is 5.90. The number of aromatic nitrogens is 3. The minimum atomic E-state index is 0.206. The van der Waals surface area contributed by atoms with Crippen molar-refractivity contribution < 1.29 is 0 Å². The normalized spacial score (nSPS) is 15.7. The fourth-order valence-electron chi connectivity index (χ4n) is 2.18. The van der Waals surface area contributed by atoms with Gasteiger partial charge >= 0.3 is 0 Å². The van der Waals surface area contributed by atoms with Crippen molar-refractivity contribution in [3.8, 4) is 0 Å². The zero-order valence-corrected chi connectivity index (χ0v) is 13.1. The Morgan fingerprint density at radius 3 is 2.40 bits per heavy atom. The number of anilines is 4.